The fourth-order valence-electron chi connectivity index (χ4n) is 2.74. The maximum absolute atomic E-state index is 13.3. The van der Waals surface area contributed by atoms with Gasteiger partial charge in [0, 0.05) is 19.6 Å². The number of piperidine rings is 1. The molecule has 0 unspecified atom stereocenters. The number of rotatable bonds is 5. The molecule has 0 aromatic heterocycles. The van der Waals surface area contributed by atoms with Crippen molar-refractivity contribution in [2.75, 3.05) is 31.5 Å². The number of halogens is 2. The van der Waals surface area contributed by atoms with Gasteiger partial charge in [0.05, 0.1) is 16.6 Å². The number of aryl methyl sites for hydroxylation is 1. The number of hydrogen-bond acceptors (Lipinski definition) is 3. The number of anilines is 1. The van der Waals surface area contributed by atoms with Crippen LogP contribution >= 0.6 is 11.6 Å². The zero-order valence-corrected chi connectivity index (χ0v) is 14.3. The minimum Gasteiger partial charge on any atom is -0.369 e. The summed E-state index contributed by atoms with van der Waals surface area (Å²) in [6.45, 7) is 4.17. The number of nitrogens with two attached hydrogens (primary N) is 1. The number of carbonyl (C=O) groups excluding carboxylic acids is 2. The van der Waals surface area contributed by atoms with Gasteiger partial charge in [-0.05, 0) is 44.0 Å². The monoisotopic (exact) mass is 356 g/mol. The van der Waals surface area contributed by atoms with Crippen LogP contribution in [-0.2, 0) is 4.79 Å². The van der Waals surface area contributed by atoms with Gasteiger partial charge in [-0.15, -0.1) is 0 Å². The normalized spacial score (nSPS) is 18.2. The smallest absolute Gasteiger partial charge is 0.319 e. The molecular weight excluding hydrogens is 335 g/mol. The van der Waals surface area contributed by atoms with Gasteiger partial charge in [0.1, 0.15) is 5.82 Å². The molecule has 132 valence electrons. The van der Waals surface area contributed by atoms with Crippen LogP contribution in [-0.4, -0.2) is 43.0 Å². The number of urea groups is 1. The summed E-state index contributed by atoms with van der Waals surface area (Å²) in [6.07, 6.45) is 1.74. The van der Waals surface area contributed by atoms with Crippen molar-refractivity contribution in [3.8, 4) is 0 Å². The van der Waals surface area contributed by atoms with E-state index in [1.165, 1.54) is 12.1 Å². The van der Waals surface area contributed by atoms with Gasteiger partial charge in [-0.3, -0.25) is 4.79 Å². The van der Waals surface area contributed by atoms with E-state index in [4.69, 9.17) is 17.3 Å². The third-order valence-corrected chi connectivity index (χ3v) is 4.43. The van der Waals surface area contributed by atoms with Crippen LogP contribution in [0.2, 0.25) is 5.02 Å². The first-order chi connectivity index (χ1) is 11.4. The molecule has 0 saturated carbocycles. The highest BCUT2D eigenvalue weighted by molar-refractivity contribution is 6.33. The van der Waals surface area contributed by atoms with Crippen molar-refractivity contribution < 1.29 is 14.0 Å². The summed E-state index contributed by atoms with van der Waals surface area (Å²) >= 11 is 5.91. The lowest BCUT2D eigenvalue weighted by atomic mass is 9.97. The van der Waals surface area contributed by atoms with Gasteiger partial charge in [-0.2, -0.15) is 0 Å². The summed E-state index contributed by atoms with van der Waals surface area (Å²) in [5, 5.41) is 5.47. The van der Waals surface area contributed by atoms with E-state index in [0.29, 0.717) is 30.9 Å². The Balaban J connectivity index is 1.77. The zero-order valence-electron chi connectivity index (χ0n) is 13.6. The highest BCUT2D eigenvalue weighted by Gasteiger charge is 2.23. The Labute approximate surface area is 145 Å². The molecule has 3 amide bonds. The molecule has 1 aliphatic heterocycles. The summed E-state index contributed by atoms with van der Waals surface area (Å²) in [5.74, 6) is -0.805. The standard InChI is InChI=1S/C16H22ClFN4O2/c1-10-7-14(12(17)8-13(10)18)21-16(24)20-4-6-22-5-2-3-11(9-22)15(19)23/h7-8,11H,2-6,9H2,1H3,(H2,19,23)(H2,20,21,24)/t11-/m0/s1. The molecule has 0 aliphatic carbocycles. The van der Waals surface area contributed by atoms with E-state index in [1.54, 1.807) is 6.92 Å². The number of carbonyl (C=O) groups is 2. The van der Waals surface area contributed by atoms with E-state index in [9.17, 15) is 14.0 Å². The molecule has 1 aromatic rings. The number of likely N-dealkylation sites (tertiary alicyclic amines) is 1. The van der Waals surface area contributed by atoms with Gasteiger partial charge < -0.3 is 21.3 Å². The molecule has 8 heteroatoms. The lowest BCUT2D eigenvalue weighted by molar-refractivity contribution is -0.123. The van der Waals surface area contributed by atoms with E-state index in [-0.39, 0.29) is 16.8 Å². The molecule has 4 N–H and O–H groups in total. The molecule has 1 aliphatic rings. The van der Waals surface area contributed by atoms with Gasteiger partial charge in [-0.25, -0.2) is 9.18 Å². The van der Waals surface area contributed by atoms with Gasteiger partial charge >= 0.3 is 6.03 Å². The van der Waals surface area contributed by atoms with Gasteiger partial charge in [0.25, 0.3) is 0 Å². The van der Waals surface area contributed by atoms with Crippen LogP contribution in [0.1, 0.15) is 18.4 Å². The van der Waals surface area contributed by atoms with Crippen LogP contribution < -0.4 is 16.4 Å². The number of hydrogen-bond donors (Lipinski definition) is 3. The molecule has 2 rings (SSSR count). The summed E-state index contributed by atoms with van der Waals surface area (Å²) in [5.41, 5.74) is 6.11. The van der Waals surface area contributed by atoms with Crippen LogP contribution in [0, 0.1) is 18.7 Å². The Bertz CT molecular complexity index is 626. The van der Waals surface area contributed by atoms with Crippen molar-refractivity contribution in [2.45, 2.75) is 19.8 Å². The minimum atomic E-state index is -0.417. The second-order valence-electron chi connectivity index (χ2n) is 6.00. The number of nitrogens with zero attached hydrogens (tertiary/aromatic N) is 1. The third-order valence-electron chi connectivity index (χ3n) is 4.12. The van der Waals surface area contributed by atoms with Crippen LogP contribution in [0.25, 0.3) is 0 Å². The van der Waals surface area contributed by atoms with Crippen LogP contribution in [0.5, 0.6) is 0 Å². The predicted octanol–water partition coefficient (Wildman–Crippen LogP) is 2.11. The van der Waals surface area contributed by atoms with Crippen molar-refractivity contribution in [3.63, 3.8) is 0 Å². The van der Waals surface area contributed by atoms with Crippen molar-refractivity contribution >= 4 is 29.2 Å². The molecule has 0 bridgehead atoms. The topological polar surface area (TPSA) is 87.5 Å². The SMILES string of the molecule is Cc1cc(NC(=O)NCCN2CCC[C@H](C(N)=O)C2)c(Cl)cc1F. The molecule has 1 atom stereocenters. The molecule has 1 aromatic carbocycles. The molecule has 6 nitrogen and oxygen atoms in total. The molecule has 1 fully saturated rings. The average Bonchev–Trinajstić information content (AvgIpc) is 2.53. The molecule has 0 spiro atoms. The maximum Gasteiger partial charge on any atom is 0.319 e. The predicted molar refractivity (Wildman–Crippen MR) is 91.5 cm³/mol. The lowest BCUT2D eigenvalue weighted by Gasteiger charge is -2.31. The molecule has 24 heavy (non-hydrogen) atoms. The van der Waals surface area contributed by atoms with Crippen molar-refractivity contribution in [3.05, 3.63) is 28.5 Å². The second-order valence-corrected chi connectivity index (χ2v) is 6.41. The van der Waals surface area contributed by atoms with Crippen LogP contribution in [0.15, 0.2) is 12.1 Å². The fourth-order valence-corrected chi connectivity index (χ4v) is 2.94. The maximum atomic E-state index is 13.3. The number of amides is 3. The first-order valence-corrected chi connectivity index (χ1v) is 8.26. The average molecular weight is 357 g/mol. The van der Waals surface area contributed by atoms with E-state index in [1.807, 2.05) is 0 Å². The van der Waals surface area contributed by atoms with Crippen molar-refractivity contribution in [1.29, 1.82) is 0 Å². The van der Waals surface area contributed by atoms with Gasteiger partial charge in [0.15, 0.2) is 0 Å². The number of nitrogens with one attached hydrogen (secondary N) is 2. The second kappa shape index (κ2) is 8.30. The van der Waals surface area contributed by atoms with E-state index in [2.05, 4.69) is 15.5 Å². The summed E-state index contributed by atoms with van der Waals surface area (Å²) in [4.78, 5) is 25.3. The van der Waals surface area contributed by atoms with E-state index >= 15 is 0 Å². The quantitative estimate of drug-likeness (QED) is 0.755. The zero-order chi connectivity index (χ0) is 17.7. The minimum absolute atomic E-state index is 0.117. The van der Waals surface area contributed by atoms with E-state index < -0.39 is 11.8 Å². The molecular formula is C16H22ClFN4O2. The van der Waals surface area contributed by atoms with Gasteiger partial charge in [-0.1, -0.05) is 11.6 Å². The molecule has 0 radical (unpaired) electrons. The number of primary amides is 1. The Morgan fingerprint density at radius 2 is 2.21 bits per heavy atom. The highest BCUT2D eigenvalue weighted by Crippen LogP contribution is 2.25. The first kappa shape index (κ1) is 18.5. The third kappa shape index (κ3) is 5.07. The van der Waals surface area contributed by atoms with Crippen LogP contribution in [0.4, 0.5) is 14.9 Å². The summed E-state index contributed by atoms with van der Waals surface area (Å²) < 4.78 is 13.3. The first-order valence-electron chi connectivity index (χ1n) is 7.89. The lowest BCUT2D eigenvalue weighted by Crippen LogP contribution is -2.44. The largest absolute Gasteiger partial charge is 0.369 e. The Hall–Kier alpha value is -1.86. The van der Waals surface area contributed by atoms with Crippen LogP contribution in [0.3, 0.4) is 0 Å². The highest BCUT2D eigenvalue weighted by atomic mass is 35.5. The summed E-state index contributed by atoms with van der Waals surface area (Å²) in [6, 6.07) is 2.25. The summed E-state index contributed by atoms with van der Waals surface area (Å²) in [7, 11) is 0. The van der Waals surface area contributed by atoms with E-state index in [0.717, 1.165) is 19.4 Å². The fraction of sp³-hybridized carbons (Fsp3) is 0.500. The van der Waals surface area contributed by atoms with Crippen molar-refractivity contribution in [1.82, 2.24) is 10.2 Å². The Kier molecular flexibility index (Phi) is 6.39. The molecule has 1 saturated heterocycles. The Morgan fingerprint density at radius 1 is 1.46 bits per heavy atom. The molecule has 1 heterocycles. The number of benzene rings is 1. The van der Waals surface area contributed by atoms with Crippen molar-refractivity contribution in [2.24, 2.45) is 11.7 Å². The van der Waals surface area contributed by atoms with Gasteiger partial charge in [0.2, 0.25) is 5.91 Å². The Morgan fingerprint density at radius 3 is 2.92 bits per heavy atom.